The molecule has 0 aliphatic carbocycles. The van der Waals surface area contributed by atoms with Gasteiger partial charge in [0.15, 0.2) is 0 Å². The number of thiophene rings is 1. The molecule has 0 bridgehead atoms. The third-order valence-electron chi connectivity index (χ3n) is 2.67. The maximum absolute atomic E-state index is 11.8. The molecule has 1 amide bonds. The van der Waals surface area contributed by atoms with Crippen LogP contribution in [0.2, 0.25) is 0 Å². The molecule has 3 nitrogen and oxygen atoms in total. The van der Waals surface area contributed by atoms with Gasteiger partial charge in [0.2, 0.25) is 5.91 Å². The minimum atomic E-state index is 0.0165. The SMILES string of the molecule is Nc1ccc(Br)c(NC(=O)CCCc2cccs2)c1. The lowest BCUT2D eigenvalue weighted by Crippen LogP contribution is -2.12. The summed E-state index contributed by atoms with van der Waals surface area (Å²) in [6.07, 6.45) is 2.31. The van der Waals surface area contributed by atoms with Gasteiger partial charge in [0.1, 0.15) is 0 Å². The highest BCUT2D eigenvalue weighted by Gasteiger charge is 2.06. The summed E-state index contributed by atoms with van der Waals surface area (Å²) in [5, 5.41) is 4.92. The number of nitrogens with two attached hydrogens (primary N) is 1. The largest absolute Gasteiger partial charge is 0.399 e. The Kier molecular flexibility index (Phi) is 4.99. The number of halogens is 1. The number of carbonyl (C=O) groups is 1. The summed E-state index contributed by atoms with van der Waals surface area (Å²) in [4.78, 5) is 13.2. The van der Waals surface area contributed by atoms with Crippen molar-refractivity contribution in [1.82, 2.24) is 0 Å². The summed E-state index contributed by atoms with van der Waals surface area (Å²) in [5.41, 5.74) is 7.06. The van der Waals surface area contributed by atoms with Crippen LogP contribution >= 0.6 is 27.3 Å². The van der Waals surface area contributed by atoms with E-state index >= 15 is 0 Å². The number of aryl methyl sites for hydroxylation is 1. The van der Waals surface area contributed by atoms with Crippen LogP contribution in [-0.2, 0) is 11.2 Å². The van der Waals surface area contributed by atoms with Crippen molar-refractivity contribution in [1.29, 1.82) is 0 Å². The Balaban J connectivity index is 1.82. The molecule has 0 radical (unpaired) electrons. The first kappa shape index (κ1) is 14.1. The molecule has 0 atom stereocenters. The van der Waals surface area contributed by atoms with E-state index in [1.54, 1.807) is 23.5 Å². The van der Waals surface area contributed by atoms with E-state index in [2.05, 4.69) is 32.7 Å². The standard InChI is InChI=1S/C14H15BrN2OS/c15-12-7-6-10(16)9-13(12)17-14(18)5-1-3-11-4-2-8-19-11/h2,4,6-9H,1,3,5,16H2,(H,17,18). The summed E-state index contributed by atoms with van der Waals surface area (Å²) in [5.74, 6) is 0.0165. The Morgan fingerprint density at radius 3 is 2.95 bits per heavy atom. The van der Waals surface area contributed by atoms with E-state index in [0.717, 1.165) is 23.0 Å². The van der Waals surface area contributed by atoms with E-state index < -0.39 is 0 Å². The summed E-state index contributed by atoms with van der Waals surface area (Å²) < 4.78 is 0.841. The van der Waals surface area contributed by atoms with Crippen molar-refractivity contribution in [2.75, 3.05) is 11.1 Å². The fourth-order valence-electron chi connectivity index (χ4n) is 1.73. The number of hydrogen-bond acceptors (Lipinski definition) is 3. The van der Waals surface area contributed by atoms with Gasteiger partial charge in [-0.2, -0.15) is 0 Å². The van der Waals surface area contributed by atoms with Crippen molar-refractivity contribution >= 4 is 44.5 Å². The van der Waals surface area contributed by atoms with Crippen molar-refractivity contribution in [2.24, 2.45) is 0 Å². The van der Waals surface area contributed by atoms with Crippen LogP contribution in [0.3, 0.4) is 0 Å². The van der Waals surface area contributed by atoms with Gasteiger partial charge in [-0.15, -0.1) is 11.3 Å². The normalized spacial score (nSPS) is 10.4. The fraction of sp³-hybridized carbons (Fsp3) is 0.214. The van der Waals surface area contributed by atoms with E-state index in [4.69, 9.17) is 5.73 Å². The highest BCUT2D eigenvalue weighted by Crippen LogP contribution is 2.24. The molecule has 0 saturated heterocycles. The van der Waals surface area contributed by atoms with Crippen LogP contribution in [0.4, 0.5) is 11.4 Å². The van der Waals surface area contributed by atoms with Gasteiger partial charge in [-0.1, -0.05) is 6.07 Å². The second-order valence-electron chi connectivity index (χ2n) is 4.22. The molecule has 0 fully saturated rings. The quantitative estimate of drug-likeness (QED) is 0.808. The van der Waals surface area contributed by atoms with Gasteiger partial charge in [-0.3, -0.25) is 4.79 Å². The van der Waals surface area contributed by atoms with E-state index in [0.29, 0.717) is 12.1 Å². The van der Waals surface area contributed by atoms with Crippen molar-refractivity contribution < 1.29 is 4.79 Å². The molecule has 100 valence electrons. The molecule has 0 aliphatic rings. The van der Waals surface area contributed by atoms with Gasteiger partial charge >= 0.3 is 0 Å². The highest BCUT2D eigenvalue weighted by atomic mass is 79.9. The zero-order valence-corrected chi connectivity index (χ0v) is 12.8. The minimum absolute atomic E-state index is 0.0165. The van der Waals surface area contributed by atoms with E-state index in [1.165, 1.54) is 4.88 Å². The lowest BCUT2D eigenvalue weighted by molar-refractivity contribution is -0.116. The Bertz CT molecular complexity index is 555. The fourth-order valence-corrected chi connectivity index (χ4v) is 2.83. The minimum Gasteiger partial charge on any atom is -0.399 e. The second-order valence-corrected chi connectivity index (χ2v) is 6.11. The van der Waals surface area contributed by atoms with Gasteiger partial charge in [0, 0.05) is 21.5 Å². The highest BCUT2D eigenvalue weighted by molar-refractivity contribution is 9.10. The van der Waals surface area contributed by atoms with Crippen LogP contribution in [0, 0.1) is 0 Å². The molecule has 2 aromatic rings. The summed E-state index contributed by atoms with van der Waals surface area (Å²) in [6, 6.07) is 9.50. The first-order valence-electron chi connectivity index (χ1n) is 6.02. The zero-order valence-electron chi connectivity index (χ0n) is 10.4. The maximum atomic E-state index is 11.8. The molecule has 3 N–H and O–H groups in total. The Morgan fingerprint density at radius 1 is 1.37 bits per heavy atom. The van der Waals surface area contributed by atoms with Crippen molar-refractivity contribution in [3.05, 3.63) is 45.1 Å². The average Bonchev–Trinajstić information content (AvgIpc) is 2.87. The summed E-state index contributed by atoms with van der Waals surface area (Å²) in [7, 11) is 0. The van der Waals surface area contributed by atoms with Gasteiger partial charge in [0.05, 0.1) is 5.69 Å². The molecule has 0 saturated carbocycles. The first-order valence-corrected chi connectivity index (χ1v) is 7.69. The van der Waals surface area contributed by atoms with Crippen LogP contribution in [0.1, 0.15) is 17.7 Å². The second kappa shape index (κ2) is 6.73. The first-order chi connectivity index (χ1) is 9.15. The molecule has 0 spiro atoms. The predicted molar refractivity (Wildman–Crippen MR) is 84.4 cm³/mol. The number of rotatable bonds is 5. The Hall–Kier alpha value is -1.33. The molecule has 1 aromatic heterocycles. The van der Waals surface area contributed by atoms with E-state index in [9.17, 15) is 4.79 Å². The van der Waals surface area contributed by atoms with Gasteiger partial charge in [0.25, 0.3) is 0 Å². The monoisotopic (exact) mass is 338 g/mol. The van der Waals surface area contributed by atoms with E-state index in [-0.39, 0.29) is 5.91 Å². The molecule has 1 aromatic carbocycles. The third kappa shape index (κ3) is 4.36. The Morgan fingerprint density at radius 2 is 2.21 bits per heavy atom. The molecule has 0 unspecified atom stereocenters. The van der Waals surface area contributed by atoms with Gasteiger partial charge in [-0.05, 0) is 58.4 Å². The molecule has 5 heteroatoms. The average molecular weight is 339 g/mol. The van der Waals surface area contributed by atoms with Gasteiger partial charge < -0.3 is 11.1 Å². The Labute approximate surface area is 125 Å². The van der Waals surface area contributed by atoms with Crippen LogP contribution in [0.15, 0.2) is 40.2 Å². The molecule has 0 aliphatic heterocycles. The zero-order chi connectivity index (χ0) is 13.7. The topological polar surface area (TPSA) is 55.1 Å². The summed E-state index contributed by atoms with van der Waals surface area (Å²) >= 11 is 5.12. The lowest BCUT2D eigenvalue weighted by Gasteiger charge is -2.08. The van der Waals surface area contributed by atoms with Crippen LogP contribution in [0.25, 0.3) is 0 Å². The molecule has 1 heterocycles. The number of hydrogen-bond donors (Lipinski definition) is 2. The maximum Gasteiger partial charge on any atom is 0.224 e. The number of benzene rings is 1. The number of anilines is 2. The van der Waals surface area contributed by atoms with Crippen molar-refractivity contribution in [2.45, 2.75) is 19.3 Å². The van der Waals surface area contributed by atoms with Crippen LogP contribution in [-0.4, -0.2) is 5.91 Å². The third-order valence-corrected chi connectivity index (χ3v) is 4.30. The number of nitrogens with one attached hydrogen (secondary N) is 1. The number of nitrogen functional groups attached to an aromatic ring is 1. The lowest BCUT2D eigenvalue weighted by atomic mass is 10.2. The molecule has 2 rings (SSSR count). The smallest absolute Gasteiger partial charge is 0.224 e. The van der Waals surface area contributed by atoms with Crippen molar-refractivity contribution in [3.8, 4) is 0 Å². The van der Waals surface area contributed by atoms with Crippen LogP contribution in [0.5, 0.6) is 0 Å². The molecule has 19 heavy (non-hydrogen) atoms. The van der Waals surface area contributed by atoms with E-state index in [1.807, 2.05) is 12.1 Å². The number of carbonyl (C=O) groups excluding carboxylic acids is 1. The molecular weight excluding hydrogens is 324 g/mol. The van der Waals surface area contributed by atoms with Gasteiger partial charge in [-0.25, -0.2) is 0 Å². The van der Waals surface area contributed by atoms with Crippen molar-refractivity contribution in [3.63, 3.8) is 0 Å². The number of amides is 1. The predicted octanol–water partition coefficient (Wildman–Crippen LogP) is 4.05. The summed E-state index contributed by atoms with van der Waals surface area (Å²) in [6.45, 7) is 0. The van der Waals surface area contributed by atoms with Crippen LogP contribution < -0.4 is 11.1 Å². The molecular formula is C14H15BrN2OS.